The van der Waals surface area contributed by atoms with E-state index in [9.17, 15) is 9.59 Å². The maximum Gasteiger partial charge on any atom is 0.261 e. The van der Waals surface area contributed by atoms with Gasteiger partial charge >= 0.3 is 0 Å². The van der Waals surface area contributed by atoms with E-state index in [0.29, 0.717) is 26.4 Å². The summed E-state index contributed by atoms with van der Waals surface area (Å²) in [7, 11) is 1.49. The highest BCUT2D eigenvalue weighted by atomic mass is 35.5. The first-order valence-electron chi connectivity index (χ1n) is 8.26. The van der Waals surface area contributed by atoms with Crippen LogP contribution in [0.2, 0.25) is 20.1 Å². The Labute approximate surface area is 183 Å². The van der Waals surface area contributed by atoms with Crippen molar-refractivity contribution >= 4 is 58.2 Å². The molecular formula is C19H18Cl4N2O3. The third kappa shape index (κ3) is 5.67. The molecule has 0 radical (unpaired) electrons. The highest BCUT2D eigenvalue weighted by molar-refractivity contribution is 6.36. The summed E-state index contributed by atoms with van der Waals surface area (Å²) in [5.74, 6) is -0.457. The number of amides is 2. The zero-order valence-electron chi connectivity index (χ0n) is 15.1. The standard InChI is InChI=1S/C19H18Cl4N2O3/c1-11(19(27)24-2)25(9-13-14(21)4-3-5-15(13)22)18(26)10-28-17-7-6-12(20)8-16(17)23/h3-8,11H,9-10H2,1-2H3,(H,24,27). The van der Waals surface area contributed by atoms with Gasteiger partial charge in [-0.25, -0.2) is 0 Å². The molecule has 1 unspecified atom stereocenters. The van der Waals surface area contributed by atoms with Gasteiger partial charge in [-0.05, 0) is 37.3 Å². The number of likely N-dealkylation sites (N-methyl/N-ethyl adjacent to an activating group) is 1. The molecule has 2 aromatic rings. The Balaban J connectivity index is 2.22. The van der Waals surface area contributed by atoms with E-state index < -0.39 is 11.9 Å². The molecule has 5 nitrogen and oxygen atoms in total. The summed E-state index contributed by atoms with van der Waals surface area (Å²) in [6.07, 6.45) is 0. The molecule has 1 atom stereocenters. The minimum absolute atomic E-state index is 0.0453. The Morgan fingerprint density at radius 3 is 2.29 bits per heavy atom. The molecule has 0 aliphatic carbocycles. The summed E-state index contributed by atoms with van der Waals surface area (Å²) < 4.78 is 5.52. The second-order valence-electron chi connectivity index (χ2n) is 5.88. The molecule has 0 bridgehead atoms. The van der Waals surface area contributed by atoms with Gasteiger partial charge in [0.05, 0.1) is 5.02 Å². The van der Waals surface area contributed by atoms with E-state index in [0.717, 1.165) is 0 Å². The molecule has 0 spiro atoms. The lowest BCUT2D eigenvalue weighted by Crippen LogP contribution is -2.48. The number of nitrogens with zero attached hydrogens (tertiary/aromatic N) is 1. The van der Waals surface area contributed by atoms with Gasteiger partial charge in [0.15, 0.2) is 6.61 Å². The van der Waals surface area contributed by atoms with Crippen molar-refractivity contribution in [3.8, 4) is 5.75 Å². The predicted molar refractivity (Wildman–Crippen MR) is 112 cm³/mol. The third-order valence-electron chi connectivity index (χ3n) is 4.05. The molecule has 0 heterocycles. The van der Waals surface area contributed by atoms with E-state index in [-0.39, 0.29) is 24.1 Å². The Morgan fingerprint density at radius 1 is 1.07 bits per heavy atom. The lowest BCUT2D eigenvalue weighted by atomic mass is 10.1. The second kappa shape index (κ2) is 10.2. The molecule has 150 valence electrons. The van der Waals surface area contributed by atoms with Crippen molar-refractivity contribution < 1.29 is 14.3 Å². The first-order valence-corrected chi connectivity index (χ1v) is 9.77. The molecule has 0 aromatic heterocycles. The lowest BCUT2D eigenvalue weighted by Gasteiger charge is -2.29. The number of carbonyl (C=O) groups is 2. The van der Waals surface area contributed by atoms with E-state index in [2.05, 4.69) is 5.32 Å². The number of nitrogens with one attached hydrogen (secondary N) is 1. The van der Waals surface area contributed by atoms with Crippen molar-refractivity contribution in [2.45, 2.75) is 19.5 Å². The monoisotopic (exact) mass is 462 g/mol. The fourth-order valence-corrected chi connectivity index (χ4v) is 3.44. The predicted octanol–water partition coefficient (Wildman–Crippen LogP) is 4.84. The maximum atomic E-state index is 12.8. The minimum Gasteiger partial charge on any atom is -0.482 e. The maximum absolute atomic E-state index is 12.8. The number of ether oxygens (including phenoxy) is 1. The smallest absolute Gasteiger partial charge is 0.261 e. The summed E-state index contributed by atoms with van der Waals surface area (Å²) in [5, 5.41) is 4.06. The first kappa shape index (κ1) is 22.6. The van der Waals surface area contributed by atoms with Crippen LogP contribution < -0.4 is 10.1 Å². The molecule has 2 rings (SSSR count). The van der Waals surface area contributed by atoms with E-state index in [1.807, 2.05) is 0 Å². The number of carbonyl (C=O) groups excluding carboxylic acids is 2. The number of hydrogen-bond acceptors (Lipinski definition) is 3. The van der Waals surface area contributed by atoms with Crippen LogP contribution in [0.5, 0.6) is 5.75 Å². The molecule has 0 aliphatic rings. The number of halogens is 4. The summed E-state index contributed by atoms with van der Waals surface area (Å²) in [6, 6.07) is 8.94. The number of benzene rings is 2. The minimum atomic E-state index is -0.769. The lowest BCUT2D eigenvalue weighted by molar-refractivity contribution is -0.142. The van der Waals surface area contributed by atoms with Crippen LogP contribution >= 0.6 is 46.4 Å². The van der Waals surface area contributed by atoms with Crippen LogP contribution in [-0.2, 0) is 16.1 Å². The number of hydrogen-bond donors (Lipinski definition) is 1. The van der Waals surface area contributed by atoms with Gasteiger partial charge < -0.3 is 15.0 Å². The molecule has 28 heavy (non-hydrogen) atoms. The van der Waals surface area contributed by atoms with Crippen molar-refractivity contribution in [1.29, 1.82) is 0 Å². The zero-order valence-corrected chi connectivity index (χ0v) is 18.2. The van der Waals surface area contributed by atoms with Gasteiger partial charge in [-0.1, -0.05) is 52.5 Å². The van der Waals surface area contributed by atoms with Crippen molar-refractivity contribution in [3.05, 3.63) is 62.1 Å². The summed E-state index contributed by atoms with van der Waals surface area (Å²) in [5.41, 5.74) is 0.541. The van der Waals surface area contributed by atoms with Crippen molar-refractivity contribution in [1.82, 2.24) is 10.2 Å². The fraction of sp³-hybridized carbons (Fsp3) is 0.263. The van der Waals surface area contributed by atoms with Gasteiger partial charge in [-0.3, -0.25) is 9.59 Å². The van der Waals surface area contributed by atoms with Gasteiger partial charge in [-0.2, -0.15) is 0 Å². The second-order valence-corrected chi connectivity index (χ2v) is 7.53. The quantitative estimate of drug-likeness (QED) is 0.638. The highest BCUT2D eigenvalue weighted by Crippen LogP contribution is 2.28. The van der Waals surface area contributed by atoms with Crippen LogP contribution in [0.15, 0.2) is 36.4 Å². The van der Waals surface area contributed by atoms with Gasteiger partial charge in [0, 0.05) is 34.2 Å². The Hall–Kier alpha value is -1.66. The Kier molecular flexibility index (Phi) is 8.25. The SMILES string of the molecule is CNC(=O)C(C)N(Cc1c(Cl)cccc1Cl)C(=O)COc1ccc(Cl)cc1Cl. The van der Waals surface area contributed by atoms with Gasteiger partial charge in [-0.15, -0.1) is 0 Å². The van der Waals surface area contributed by atoms with Gasteiger partial charge in [0.25, 0.3) is 5.91 Å². The zero-order chi connectivity index (χ0) is 20.8. The van der Waals surface area contributed by atoms with E-state index in [4.69, 9.17) is 51.1 Å². The summed E-state index contributed by atoms with van der Waals surface area (Å²) in [4.78, 5) is 26.3. The summed E-state index contributed by atoms with van der Waals surface area (Å²) >= 11 is 24.4. The van der Waals surface area contributed by atoms with Crippen molar-refractivity contribution in [2.75, 3.05) is 13.7 Å². The Morgan fingerprint density at radius 2 is 1.71 bits per heavy atom. The highest BCUT2D eigenvalue weighted by Gasteiger charge is 2.27. The van der Waals surface area contributed by atoms with Crippen molar-refractivity contribution in [2.24, 2.45) is 0 Å². The normalized spacial score (nSPS) is 11.6. The van der Waals surface area contributed by atoms with Gasteiger partial charge in [0.1, 0.15) is 11.8 Å². The Bertz CT molecular complexity index is 856. The third-order valence-corrected chi connectivity index (χ3v) is 5.29. The molecule has 0 aliphatic heterocycles. The van der Waals surface area contributed by atoms with Gasteiger partial charge in [0.2, 0.25) is 5.91 Å². The van der Waals surface area contributed by atoms with Crippen molar-refractivity contribution in [3.63, 3.8) is 0 Å². The van der Waals surface area contributed by atoms with Crippen LogP contribution in [-0.4, -0.2) is 36.4 Å². The molecule has 0 fully saturated rings. The molecule has 1 N–H and O–H groups in total. The first-order chi connectivity index (χ1) is 13.2. The molecule has 2 amide bonds. The molecule has 0 saturated carbocycles. The molecule has 9 heteroatoms. The fourth-order valence-electron chi connectivity index (χ4n) is 2.46. The van der Waals surface area contributed by atoms with Crippen LogP contribution in [0.1, 0.15) is 12.5 Å². The summed E-state index contributed by atoms with van der Waals surface area (Å²) in [6.45, 7) is 1.32. The average Bonchev–Trinajstić information content (AvgIpc) is 2.65. The molecule has 2 aromatic carbocycles. The van der Waals surface area contributed by atoms with Crippen LogP contribution in [0.25, 0.3) is 0 Å². The van der Waals surface area contributed by atoms with E-state index in [1.54, 1.807) is 37.3 Å². The van der Waals surface area contributed by atoms with E-state index in [1.165, 1.54) is 18.0 Å². The number of rotatable bonds is 7. The van der Waals surface area contributed by atoms with Crippen LogP contribution in [0.3, 0.4) is 0 Å². The molecular weight excluding hydrogens is 446 g/mol. The average molecular weight is 464 g/mol. The van der Waals surface area contributed by atoms with Crippen LogP contribution in [0, 0.1) is 0 Å². The largest absolute Gasteiger partial charge is 0.482 e. The van der Waals surface area contributed by atoms with Crippen LogP contribution in [0.4, 0.5) is 0 Å². The van der Waals surface area contributed by atoms with E-state index >= 15 is 0 Å². The topological polar surface area (TPSA) is 58.6 Å². The molecule has 0 saturated heterocycles.